The fourth-order valence-electron chi connectivity index (χ4n) is 5.85. The number of carbonyl (C=O) groups excluding carboxylic acids is 2. The highest BCUT2D eigenvalue weighted by Crippen LogP contribution is 2.51. The molecule has 1 fully saturated rings. The number of allylic oxidation sites excluding steroid dienone is 2. The molecular formula is C31H36F2N4O3. The molecule has 3 atom stereocenters. The van der Waals surface area contributed by atoms with E-state index < -0.39 is 17.7 Å². The Morgan fingerprint density at radius 3 is 2.55 bits per heavy atom. The van der Waals surface area contributed by atoms with Gasteiger partial charge in [-0.25, -0.2) is 8.78 Å². The fraction of sp³-hybridized carbons (Fsp3) is 0.419. The number of hydrogen-bond acceptors (Lipinski definition) is 5. The van der Waals surface area contributed by atoms with E-state index in [1.165, 1.54) is 25.2 Å². The molecule has 2 unspecified atom stereocenters. The van der Waals surface area contributed by atoms with Crippen molar-refractivity contribution in [1.82, 2.24) is 4.90 Å². The SMILES string of the molecule is C=C(/C=C(\N=N/C)c1c(F)cccc1F)[C@@H]1CCC(CN(CC)C(=O)CC2Oc3ccccc3NC2=O)C1(C)C. The number of azo groups is 1. The van der Waals surface area contributed by atoms with Crippen LogP contribution in [0.5, 0.6) is 5.75 Å². The summed E-state index contributed by atoms with van der Waals surface area (Å²) in [5.41, 5.74) is 0.887. The van der Waals surface area contributed by atoms with Crippen LogP contribution in [-0.2, 0) is 9.59 Å². The Kier molecular flexibility index (Phi) is 8.81. The van der Waals surface area contributed by atoms with Gasteiger partial charge in [0.15, 0.2) is 6.10 Å². The number of hydrogen-bond donors (Lipinski definition) is 1. The van der Waals surface area contributed by atoms with Gasteiger partial charge in [-0.1, -0.05) is 38.6 Å². The predicted molar refractivity (Wildman–Crippen MR) is 151 cm³/mol. The van der Waals surface area contributed by atoms with E-state index in [9.17, 15) is 18.4 Å². The minimum atomic E-state index is -0.893. The van der Waals surface area contributed by atoms with E-state index >= 15 is 0 Å². The van der Waals surface area contributed by atoms with Crippen LogP contribution in [0.1, 0.15) is 45.6 Å². The van der Waals surface area contributed by atoms with Crippen LogP contribution in [0.3, 0.4) is 0 Å². The lowest BCUT2D eigenvalue weighted by Crippen LogP contribution is -2.44. The normalized spacial score (nSPS) is 22.0. The molecule has 1 aliphatic heterocycles. The topological polar surface area (TPSA) is 83.4 Å². The highest BCUT2D eigenvalue weighted by Gasteiger charge is 2.45. The van der Waals surface area contributed by atoms with Gasteiger partial charge in [-0.15, -0.1) is 0 Å². The van der Waals surface area contributed by atoms with Crippen molar-refractivity contribution in [1.29, 1.82) is 0 Å². The van der Waals surface area contributed by atoms with Crippen LogP contribution in [0.4, 0.5) is 14.5 Å². The molecule has 2 aromatic rings. The third-order valence-electron chi connectivity index (χ3n) is 8.19. The Morgan fingerprint density at radius 2 is 1.88 bits per heavy atom. The molecule has 1 aliphatic carbocycles. The van der Waals surface area contributed by atoms with Crippen molar-refractivity contribution in [2.24, 2.45) is 27.5 Å². The van der Waals surface area contributed by atoms with Gasteiger partial charge >= 0.3 is 0 Å². The van der Waals surface area contributed by atoms with Gasteiger partial charge in [0.05, 0.1) is 23.4 Å². The Hall–Kier alpha value is -3.88. The lowest BCUT2D eigenvalue weighted by molar-refractivity contribution is -0.137. The highest BCUT2D eigenvalue weighted by atomic mass is 19.1. The summed E-state index contributed by atoms with van der Waals surface area (Å²) < 4.78 is 34.8. The van der Waals surface area contributed by atoms with Crippen molar-refractivity contribution >= 4 is 23.2 Å². The molecule has 0 radical (unpaired) electrons. The molecule has 7 nitrogen and oxygen atoms in total. The molecule has 0 spiro atoms. The third kappa shape index (κ3) is 5.98. The van der Waals surface area contributed by atoms with Crippen LogP contribution in [0.25, 0.3) is 5.70 Å². The van der Waals surface area contributed by atoms with Gasteiger partial charge < -0.3 is 15.0 Å². The van der Waals surface area contributed by atoms with E-state index in [0.29, 0.717) is 30.1 Å². The van der Waals surface area contributed by atoms with Gasteiger partial charge in [0.25, 0.3) is 5.91 Å². The number of carbonyl (C=O) groups is 2. The first-order chi connectivity index (χ1) is 19.1. The number of nitrogens with one attached hydrogen (secondary N) is 1. The molecule has 2 aromatic carbocycles. The summed E-state index contributed by atoms with van der Waals surface area (Å²) in [7, 11) is 1.45. The number of nitrogens with zero attached hydrogens (tertiary/aromatic N) is 3. The maximum atomic E-state index is 14.5. The highest BCUT2D eigenvalue weighted by molar-refractivity contribution is 5.99. The smallest absolute Gasteiger partial charge is 0.266 e. The van der Waals surface area contributed by atoms with Crippen molar-refractivity contribution in [2.75, 3.05) is 25.5 Å². The Balaban J connectivity index is 1.46. The Bertz CT molecular complexity index is 1330. The number of halogens is 2. The van der Waals surface area contributed by atoms with E-state index in [2.05, 4.69) is 36.0 Å². The van der Waals surface area contributed by atoms with E-state index in [-0.39, 0.29) is 46.7 Å². The van der Waals surface area contributed by atoms with E-state index in [4.69, 9.17) is 4.74 Å². The van der Waals surface area contributed by atoms with Crippen LogP contribution in [0.15, 0.2) is 70.9 Å². The largest absolute Gasteiger partial charge is 0.478 e. The van der Waals surface area contributed by atoms with Gasteiger partial charge in [0.2, 0.25) is 5.91 Å². The standard InChI is InChI=1S/C31H36F2N4O3/c1-6-37(28(38)17-27-30(39)35-24-12-7-8-13-26(24)40-27)18-20-14-15-21(31(20,3)4)19(2)16-25(36-34-5)29-22(32)10-9-11-23(29)33/h7-13,16,20-21,27H,2,6,14-15,17-18H2,1,3-5H3,(H,35,39)/b25-16-,36-34-/t20?,21-,27?/m0/s1. The third-order valence-corrected chi connectivity index (χ3v) is 8.19. The number of para-hydroxylation sites is 2. The number of anilines is 1. The van der Waals surface area contributed by atoms with Crippen molar-refractivity contribution in [3.05, 3.63) is 77.9 Å². The summed E-state index contributed by atoms with van der Waals surface area (Å²) in [4.78, 5) is 27.6. The lowest BCUT2D eigenvalue weighted by atomic mass is 9.72. The summed E-state index contributed by atoms with van der Waals surface area (Å²) in [6, 6.07) is 10.8. The van der Waals surface area contributed by atoms with E-state index in [0.717, 1.165) is 12.8 Å². The number of rotatable bonds is 9. The van der Waals surface area contributed by atoms with Gasteiger partial charge in [0, 0.05) is 20.1 Å². The molecular weight excluding hydrogens is 514 g/mol. The van der Waals surface area contributed by atoms with Crippen molar-refractivity contribution in [3.63, 3.8) is 0 Å². The van der Waals surface area contributed by atoms with Gasteiger partial charge in [0.1, 0.15) is 17.4 Å². The van der Waals surface area contributed by atoms with Crippen molar-refractivity contribution in [3.8, 4) is 5.75 Å². The molecule has 212 valence electrons. The van der Waals surface area contributed by atoms with Gasteiger partial charge in [-0.3, -0.25) is 9.59 Å². The van der Waals surface area contributed by atoms with E-state index in [1.54, 1.807) is 29.2 Å². The van der Waals surface area contributed by atoms with E-state index in [1.807, 2.05) is 13.0 Å². The number of fused-ring (bicyclic) bond motifs is 1. The maximum absolute atomic E-state index is 14.5. The molecule has 0 aromatic heterocycles. The second-order valence-electron chi connectivity index (χ2n) is 10.9. The zero-order chi connectivity index (χ0) is 29.0. The predicted octanol–water partition coefficient (Wildman–Crippen LogP) is 6.63. The lowest BCUT2D eigenvalue weighted by Gasteiger charge is -2.37. The Labute approximate surface area is 234 Å². The minimum absolute atomic E-state index is 0.00663. The van der Waals surface area contributed by atoms with Gasteiger partial charge in [-0.2, -0.15) is 10.2 Å². The average molecular weight is 551 g/mol. The van der Waals surface area contributed by atoms with Crippen LogP contribution >= 0.6 is 0 Å². The second kappa shape index (κ2) is 12.1. The molecule has 0 bridgehead atoms. The van der Waals surface area contributed by atoms with Crippen molar-refractivity contribution in [2.45, 2.75) is 46.1 Å². The summed E-state index contributed by atoms with van der Waals surface area (Å²) in [6.07, 6.45) is 2.32. The number of amides is 2. The molecule has 2 amide bonds. The summed E-state index contributed by atoms with van der Waals surface area (Å²) in [5, 5.41) is 10.6. The summed E-state index contributed by atoms with van der Waals surface area (Å²) in [6.45, 7) is 11.4. The second-order valence-corrected chi connectivity index (χ2v) is 10.9. The first-order valence-electron chi connectivity index (χ1n) is 13.6. The Morgan fingerprint density at radius 1 is 1.18 bits per heavy atom. The molecule has 1 heterocycles. The fourth-order valence-corrected chi connectivity index (χ4v) is 5.85. The average Bonchev–Trinajstić information content (AvgIpc) is 3.20. The van der Waals surface area contributed by atoms with Crippen molar-refractivity contribution < 1.29 is 23.1 Å². The molecule has 4 rings (SSSR count). The number of ether oxygens (including phenoxy) is 1. The molecule has 0 saturated heterocycles. The van der Waals surface area contributed by atoms with Gasteiger partial charge in [-0.05, 0) is 72.9 Å². The summed E-state index contributed by atoms with van der Waals surface area (Å²) >= 11 is 0. The molecule has 1 N–H and O–H groups in total. The minimum Gasteiger partial charge on any atom is -0.478 e. The first-order valence-corrected chi connectivity index (χ1v) is 13.6. The first kappa shape index (κ1) is 29.1. The molecule has 40 heavy (non-hydrogen) atoms. The number of benzene rings is 2. The zero-order valence-corrected chi connectivity index (χ0v) is 23.4. The van der Waals surface area contributed by atoms with Crippen LogP contribution in [0, 0.1) is 28.9 Å². The quantitative estimate of drug-likeness (QED) is 0.281. The molecule has 2 aliphatic rings. The van der Waals surface area contributed by atoms with Crippen LogP contribution in [-0.4, -0.2) is 43.0 Å². The monoisotopic (exact) mass is 550 g/mol. The van der Waals surface area contributed by atoms with Crippen LogP contribution in [0.2, 0.25) is 0 Å². The molecule has 1 saturated carbocycles. The van der Waals surface area contributed by atoms with Crippen LogP contribution < -0.4 is 10.1 Å². The molecule has 9 heteroatoms. The zero-order valence-electron chi connectivity index (χ0n) is 23.4. The summed E-state index contributed by atoms with van der Waals surface area (Å²) in [5.74, 6) is -1.22. The maximum Gasteiger partial charge on any atom is 0.266 e.